The summed E-state index contributed by atoms with van der Waals surface area (Å²) in [5.41, 5.74) is 1.22. The molecule has 2 aromatic carbocycles. The largest absolute Gasteiger partial charge is 0.507 e. The van der Waals surface area contributed by atoms with E-state index in [1.54, 1.807) is 24.3 Å². The highest BCUT2D eigenvalue weighted by Gasteiger charge is 2.24. The summed E-state index contributed by atoms with van der Waals surface area (Å²) in [6, 6.07) is 15.6. The van der Waals surface area contributed by atoms with Gasteiger partial charge >= 0.3 is 5.63 Å². The molecule has 0 saturated carbocycles. The van der Waals surface area contributed by atoms with Crippen LogP contribution in [0, 0.1) is 0 Å². The van der Waals surface area contributed by atoms with Crippen LogP contribution in [0.25, 0.3) is 0 Å². The molecule has 0 aliphatic carbocycles. The Morgan fingerprint density at radius 2 is 1.30 bits per heavy atom. The lowest BCUT2D eigenvalue weighted by Crippen LogP contribution is -2.14. The van der Waals surface area contributed by atoms with Gasteiger partial charge < -0.3 is 9.52 Å². The number of hydrogen-bond acceptors (Lipinski definition) is 3. The molecular weight excluding hydrogens is 335 g/mol. The van der Waals surface area contributed by atoms with E-state index in [9.17, 15) is 9.90 Å². The highest BCUT2D eigenvalue weighted by Crippen LogP contribution is 2.35. The highest BCUT2D eigenvalue weighted by atomic mass is 35.5. The number of rotatable bonds is 3. The molecule has 0 radical (unpaired) electrons. The van der Waals surface area contributed by atoms with Crippen LogP contribution in [0.3, 0.4) is 0 Å². The monoisotopic (exact) mass is 346 g/mol. The number of aromatic hydroxyl groups is 1. The van der Waals surface area contributed by atoms with Crippen LogP contribution >= 0.6 is 23.2 Å². The van der Waals surface area contributed by atoms with Crippen molar-refractivity contribution in [2.45, 2.75) is 5.92 Å². The Hall–Kier alpha value is -2.23. The summed E-state index contributed by atoms with van der Waals surface area (Å²) in [6.07, 6.45) is 1.17. The van der Waals surface area contributed by atoms with E-state index in [1.165, 1.54) is 12.3 Å². The van der Waals surface area contributed by atoms with Gasteiger partial charge in [0.1, 0.15) is 5.75 Å². The average Bonchev–Trinajstić information content (AvgIpc) is 2.53. The lowest BCUT2D eigenvalue weighted by molar-refractivity contribution is 0.433. The van der Waals surface area contributed by atoms with Gasteiger partial charge in [-0.25, -0.2) is 4.79 Å². The molecule has 23 heavy (non-hydrogen) atoms. The molecule has 0 fully saturated rings. The third kappa shape index (κ3) is 3.26. The Balaban J connectivity index is 2.23. The molecule has 1 heterocycles. The maximum absolute atomic E-state index is 12.2. The van der Waals surface area contributed by atoms with Gasteiger partial charge in [-0.15, -0.1) is 0 Å². The van der Waals surface area contributed by atoms with Crippen molar-refractivity contribution in [3.8, 4) is 5.75 Å². The normalized spacial score (nSPS) is 10.9. The van der Waals surface area contributed by atoms with Crippen molar-refractivity contribution < 1.29 is 9.52 Å². The van der Waals surface area contributed by atoms with Crippen molar-refractivity contribution in [3.63, 3.8) is 0 Å². The first-order valence-corrected chi connectivity index (χ1v) is 7.63. The molecule has 3 nitrogen and oxygen atoms in total. The molecule has 0 bridgehead atoms. The lowest BCUT2D eigenvalue weighted by Gasteiger charge is -2.18. The second-order valence-corrected chi connectivity index (χ2v) is 5.92. The smallest absolute Gasteiger partial charge is 0.343 e. The molecule has 0 aliphatic heterocycles. The third-order valence-corrected chi connectivity index (χ3v) is 4.10. The number of benzene rings is 2. The van der Waals surface area contributed by atoms with Gasteiger partial charge in [-0.2, -0.15) is 0 Å². The summed E-state index contributed by atoms with van der Waals surface area (Å²) < 4.78 is 4.94. The topological polar surface area (TPSA) is 50.4 Å². The second-order valence-electron chi connectivity index (χ2n) is 5.04. The summed E-state index contributed by atoms with van der Waals surface area (Å²) in [7, 11) is 0. The Bertz CT molecular complexity index is 823. The Kier molecular flexibility index (Phi) is 4.42. The number of halogens is 2. The molecule has 1 N–H and O–H groups in total. The van der Waals surface area contributed by atoms with Crippen molar-refractivity contribution in [2.24, 2.45) is 0 Å². The first-order chi connectivity index (χ1) is 11.1. The third-order valence-electron chi connectivity index (χ3n) is 3.59. The Labute approximate surface area is 142 Å². The van der Waals surface area contributed by atoms with Crippen molar-refractivity contribution >= 4 is 23.2 Å². The predicted molar refractivity (Wildman–Crippen MR) is 90.5 cm³/mol. The molecule has 0 unspecified atom stereocenters. The van der Waals surface area contributed by atoms with Gasteiger partial charge in [0.2, 0.25) is 0 Å². The fraction of sp³-hybridized carbons (Fsp3) is 0.0556. The van der Waals surface area contributed by atoms with Crippen LogP contribution in [0.2, 0.25) is 10.0 Å². The van der Waals surface area contributed by atoms with Crippen molar-refractivity contribution in [1.82, 2.24) is 0 Å². The van der Waals surface area contributed by atoms with Crippen LogP contribution in [0.1, 0.15) is 22.6 Å². The van der Waals surface area contributed by atoms with E-state index in [0.717, 1.165) is 11.1 Å². The van der Waals surface area contributed by atoms with Crippen molar-refractivity contribution in [1.29, 1.82) is 0 Å². The molecule has 1 aromatic heterocycles. The van der Waals surface area contributed by atoms with Gasteiger partial charge in [-0.05, 0) is 35.4 Å². The molecule has 0 saturated heterocycles. The molecular formula is C18H12Cl2O3. The van der Waals surface area contributed by atoms with E-state index in [0.29, 0.717) is 10.0 Å². The zero-order valence-electron chi connectivity index (χ0n) is 11.9. The Morgan fingerprint density at radius 3 is 1.74 bits per heavy atom. The molecule has 3 rings (SSSR count). The van der Waals surface area contributed by atoms with E-state index >= 15 is 0 Å². The van der Waals surface area contributed by atoms with Crippen LogP contribution < -0.4 is 5.63 Å². The van der Waals surface area contributed by atoms with Gasteiger partial charge in [0.15, 0.2) is 0 Å². The molecule has 0 amide bonds. The van der Waals surface area contributed by atoms with Gasteiger partial charge in [0.25, 0.3) is 0 Å². The van der Waals surface area contributed by atoms with Crippen LogP contribution in [-0.2, 0) is 0 Å². The van der Waals surface area contributed by atoms with Gasteiger partial charge in [-0.3, -0.25) is 0 Å². The maximum Gasteiger partial charge on any atom is 0.343 e. The molecule has 3 aromatic rings. The second kappa shape index (κ2) is 6.49. The minimum atomic E-state index is -0.583. The van der Waals surface area contributed by atoms with E-state index in [4.69, 9.17) is 27.6 Å². The van der Waals surface area contributed by atoms with E-state index in [2.05, 4.69) is 0 Å². The van der Waals surface area contributed by atoms with Gasteiger partial charge in [0.05, 0.1) is 11.8 Å². The first-order valence-electron chi connectivity index (χ1n) is 6.88. The molecule has 5 heteroatoms. The molecule has 0 spiro atoms. The molecule has 0 aliphatic rings. The van der Waals surface area contributed by atoms with Crippen molar-refractivity contribution in [3.05, 3.63) is 98.0 Å². The quantitative estimate of drug-likeness (QED) is 0.738. The average molecular weight is 347 g/mol. The molecule has 0 atom stereocenters. The molecule has 116 valence electrons. The SMILES string of the molecule is O=c1occc(O)c1C(c1ccc(Cl)cc1)c1ccc(Cl)cc1. The van der Waals surface area contributed by atoms with Gasteiger partial charge in [-0.1, -0.05) is 47.5 Å². The first kappa shape index (κ1) is 15.7. The minimum Gasteiger partial charge on any atom is -0.507 e. The summed E-state index contributed by atoms with van der Waals surface area (Å²) in [6.45, 7) is 0. The Morgan fingerprint density at radius 1 is 0.826 bits per heavy atom. The minimum absolute atomic E-state index is 0.115. The fourth-order valence-electron chi connectivity index (χ4n) is 2.52. The zero-order valence-corrected chi connectivity index (χ0v) is 13.4. The van der Waals surface area contributed by atoms with Crippen LogP contribution in [0.15, 0.2) is 70.1 Å². The fourth-order valence-corrected chi connectivity index (χ4v) is 2.77. The van der Waals surface area contributed by atoms with Crippen LogP contribution in [0.5, 0.6) is 5.75 Å². The number of hydrogen-bond donors (Lipinski definition) is 1. The standard InChI is InChI=1S/C18H12Cl2O3/c19-13-5-1-11(2-6-13)16(12-3-7-14(20)8-4-12)17-15(21)9-10-23-18(17)22/h1-10,16,21H. The van der Waals surface area contributed by atoms with E-state index in [-0.39, 0.29) is 11.3 Å². The predicted octanol–water partition coefficient (Wildman–Crippen LogP) is 4.83. The summed E-state index contributed by atoms with van der Waals surface area (Å²) in [5, 5.41) is 11.4. The van der Waals surface area contributed by atoms with Crippen molar-refractivity contribution in [2.75, 3.05) is 0 Å². The maximum atomic E-state index is 12.2. The van der Waals surface area contributed by atoms with Crippen LogP contribution in [0.4, 0.5) is 0 Å². The highest BCUT2D eigenvalue weighted by molar-refractivity contribution is 6.30. The van der Waals surface area contributed by atoms with Gasteiger partial charge in [0, 0.05) is 22.0 Å². The zero-order chi connectivity index (χ0) is 16.4. The van der Waals surface area contributed by atoms with E-state index < -0.39 is 11.5 Å². The lowest BCUT2D eigenvalue weighted by atomic mass is 9.85. The summed E-state index contributed by atoms with van der Waals surface area (Å²) in [5.74, 6) is -0.599. The summed E-state index contributed by atoms with van der Waals surface area (Å²) >= 11 is 11.9. The van der Waals surface area contributed by atoms with Crippen LogP contribution in [-0.4, -0.2) is 5.11 Å². The summed E-state index contributed by atoms with van der Waals surface area (Å²) in [4.78, 5) is 12.2. The van der Waals surface area contributed by atoms with E-state index in [1.807, 2.05) is 24.3 Å².